The molecule has 4 aliphatic carbocycles. The number of benzene rings is 8. The molecule has 8 aromatic rings. The molecule has 4 aliphatic rings. The Bertz CT molecular complexity index is 2470. The van der Waals surface area contributed by atoms with Crippen LogP contribution in [0.5, 0.6) is 0 Å². The average molecular weight is 992 g/mol. The summed E-state index contributed by atoms with van der Waals surface area (Å²) in [7, 11) is 0. The number of allylic oxidation sites excluding steroid dienone is 8. The van der Waals surface area contributed by atoms with E-state index in [9.17, 15) is 0 Å². The van der Waals surface area contributed by atoms with Crippen LogP contribution in [0.4, 0.5) is 0 Å². The minimum absolute atomic E-state index is 0. The molecule has 0 atom stereocenters. The normalized spacial score (nSPS) is 11.7. The predicted molar refractivity (Wildman–Crippen MR) is 266 cm³/mol. The summed E-state index contributed by atoms with van der Waals surface area (Å²) in [4.78, 5) is 0. The molecule has 0 radical (unpaired) electrons. The van der Waals surface area contributed by atoms with Crippen molar-refractivity contribution in [3.05, 3.63) is 289 Å². The Labute approximate surface area is 429 Å². The van der Waals surface area contributed by atoms with E-state index < -0.39 is 12.4 Å². The van der Waals surface area contributed by atoms with Crippen molar-refractivity contribution in [3.8, 4) is 22.3 Å². The van der Waals surface area contributed by atoms with Gasteiger partial charge in [0.05, 0.1) is 0 Å². The third kappa shape index (κ3) is 15.6. The first-order chi connectivity index (χ1) is 31.7. The van der Waals surface area contributed by atoms with Crippen LogP contribution in [0, 0.1) is 24.3 Å². The van der Waals surface area contributed by atoms with E-state index in [-0.39, 0.29) is 24.8 Å². The van der Waals surface area contributed by atoms with Gasteiger partial charge >= 0.3 is 193 Å². The van der Waals surface area contributed by atoms with Crippen molar-refractivity contribution in [1.29, 1.82) is 0 Å². The van der Waals surface area contributed by atoms with E-state index in [4.69, 9.17) is 0 Å². The molecule has 0 fully saturated rings. The maximum absolute atomic E-state index is 3.30. The fraction of sp³-hybridized carbons (Fsp3) is 0.0667. The predicted octanol–water partition coefficient (Wildman–Crippen LogP) is 5.41. The standard InChI is InChI=1S/2C13H9.2C12H10Si.2C5H5.2ClH.2Ti/c2*1-3-7-12-10(5-1)9-11-6-2-4-8-13(11)12;2*1-3-7-11(8-4-1)13-12-9-5-2-6-10-12;2*1-2-4-5-3-1;;;;/h2*1-5,7-8H,9H2;2*1-10H;2*1-3H,4H2;2*1H;;/q2*-1;;;2*-1;;;2*+2/p-2. The van der Waals surface area contributed by atoms with Gasteiger partial charge in [0.1, 0.15) is 0 Å². The van der Waals surface area contributed by atoms with Crippen LogP contribution in [0.15, 0.2) is 243 Å². The van der Waals surface area contributed by atoms with E-state index in [1.807, 2.05) is 36.4 Å². The molecule has 66 heavy (non-hydrogen) atoms. The summed E-state index contributed by atoms with van der Waals surface area (Å²) in [5, 5.41) is 5.90. The Morgan fingerprint density at radius 1 is 0.348 bits per heavy atom. The molecular formula is C60H48Cl2Si2Ti2-2. The molecule has 0 N–H and O–H groups in total. The van der Waals surface area contributed by atoms with Crippen molar-refractivity contribution in [2.24, 2.45) is 0 Å². The van der Waals surface area contributed by atoms with E-state index in [0.29, 0.717) is 0 Å². The van der Waals surface area contributed by atoms with E-state index >= 15 is 0 Å². The quantitative estimate of drug-likeness (QED) is 0.164. The second-order valence-corrected chi connectivity index (χ2v) is 23.5. The number of rotatable bonds is 4. The molecule has 0 heterocycles. The summed E-state index contributed by atoms with van der Waals surface area (Å²) < 4.78 is 0. The summed E-state index contributed by atoms with van der Waals surface area (Å²) in [6, 6.07) is 79.2. The summed E-state index contributed by atoms with van der Waals surface area (Å²) in [6.07, 6.45) is 21.0. The third-order valence-corrected chi connectivity index (χ3v) is 19.7. The molecular weight excluding hydrogens is 943 g/mol. The third-order valence-electron chi connectivity index (χ3n) is 10.7. The van der Waals surface area contributed by atoms with E-state index in [0.717, 1.165) is 25.7 Å². The summed E-state index contributed by atoms with van der Waals surface area (Å²) in [5.41, 5.74) is 11.0. The van der Waals surface area contributed by atoms with Gasteiger partial charge in [0.25, 0.3) is 0 Å². The summed E-state index contributed by atoms with van der Waals surface area (Å²) >= 11 is 4.69. The molecule has 0 nitrogen and oxygen atoms in total. The number of hydrogen-bond acceptors (Lipinski definition) is 0. The maximum Gasteiger partial charge on any atom is -0.0253 e. The topological polar surface area (TPSA) is 0 Å². The minimum atomic E-state index is -0.545. The van der Waals surface area contributed by atoms with Gasteiger partial charge in [-0.05, 0) is 12.8 Å². The van der Waals surface area contributed by atoms with E-state index in [1.54, 1.807) is 0 Å². The van der Waals surface area contributed by atoms with Gasteiger partial charge in [0.15, 0.2) is 0 Å². The fourth-order valence-corrected chi connectivity index (χ4v) is 13.3. The molecule has 320 valence electrons. The van der Waals surface area contributed by atoms with E-state index in [2.05, 4.69) is 269 Å². The van der Waals surface area contributed by atoms with Crippen molar-refractivity contribution < 1.29 is 63.2 Å². The first-order valence-electron chi connectivity index (χ1n) is 21.6. The van der Waals surface area contributed by atoms with Gasteiger partial charge in [-0.3, -0.25) is 12.2 Å². The summed E-state index contributed by atoms with van der Waals surface area (Å²) in [6.45, 7) is 0. The largest absolute Gasteiger partial charge is 0.179 e. The van der Waals surface area contributed by atoms with Gasteiger partial charge in [-0.2, -0.15) is 71.8 Å². The van der Waals surface area contributed by atoms with Crippen LogP contribution in [-0.2, 0) is 51.2 Å². The molecule has 0 spiro atoms. The molecule has 6 heteroatoms. The van der Waals surface area contributed by atoms with Crippen LogP contribution in [-0.4, -0.2) is 12.4 Å². The van der Waals surface area contributed by atoms with E-state index in [1.165, 1.54) is 65.3 Å². The molecule has 0 amide bonds. The minimum Gasteiger partial charge on any atom is -0.179 e. The second kappa shape index (κ2) is 29.0. The Hall–Kier alpha value is -4.84. The van der Waals surface area contributed by atoms with Gasteiger partial charge in [0, 0.05) is 0 Å². The fourth-order valence-electron chi connectivity index (χ4n) is 7.43. The Kier molecular flexibility index (Phi) is 22.9. The Balaban J connectivity index is 0.000000152. The first-order valence-corrected chi connectivity index (χ1v) is 29.3. The zero-order valence-electron chi connectivity index (χ0n) is 36.7. The van der Waals surface area contributed by atoms with Crippen molar-refractivity contribution in [1.82, 2.24) is 0 Å². The average Bonchev–Trinajstić information content (AvgIpc) is 4.25. The SMILES string of the molecule is [C-]1=CC=CC1.[C-]1=CC=CC1.[Cl-].[Cl-].[Ti+2]=[Si](c1ccccc1)c1ccccc1.[Ti+2]=[Si](c1ccccc1)c1ccccc1.[c-]1cccc2c1Cc1ccccc1-2.[c-]1cccc2c1Cc1ccccc1-2. The van der Waals surface area contributed by atoms with Crippen LogP contribution >= 0.6 is 0 Å². The van der Waals surface area contributed by atoms with Crippen LogP contribution in [0.3, 0.4) is 0 Å². The molecule has 0 aliphatic heterocycles. The number of fused-ring (bicyclic) bond motifs is 6. The van der Waals surface area contributed by atoms with Crippen LogP contribution in [0.2, 0.25) is 0 Å². The molecule has 12 rings (SSSR count). The molecule has 0 saturated heterocycles. The smallest absolute Gasteiger partial charge is 0.0253 e. The molecule has 0 bridgehead atoms. The Morgan fingerprint density at radius 2 is 0.652 bits per heavy atom. The molecule has 0 aromatic heterocycles. The van der Waals surface area contributed by atoms with Crippen LogP contribution < -0.4 is 45.6 Å². The molecule has 0 saturated carbocycles. The first kappa shape index (κ1) is 52.1. The molecule has 0 unspecified atom stereocenters. The van der Waals surface area contributed by atoms with Crippen molar-refractivity contribution in [2.45, 2.75) is 25.7 Å². The summed E-state index contributed by atoms with van der Waals surface area (Å²) in [5.74, 6) is 0. The zero-order valence-corrected chi connectivity index (χ0v) is 43.3. The second-order valence-electron chi connectivity index (χ2n) is 15.0. The number of halogens is 2. The Morgan fingerprint density at radius 3 is 0.939 bits per heavy atom. The molecule has 8 aromatic carbocycles. The number of hydrogen-bond donors (Lipinski definition) is 0. The van der Waals surface area contributed by atoms with Gasteiger partial charge in [0.2, 0.25) is 0 Å². The van der Waals surface area contributed by atoms with Crippen molar-refractivity contribution in [2.75, 3.05) is 0 Å². The van der Waals surface area contributed by atoms with Gasteiger partial charge < -0.3 is 24.8 Å². The van der Waals surface area contributed by atoms with Crippen LogP contribution in [0.25, 0.3) is 22.3 Å². The van der Waals surface area contributed by atoms with Crippen LogP contribution in [0.1, 0.15) is 35.1 Å². The van der Waals surface area contributed by atoms with Crippen molar-refractivity contribution >= 4 is 33.1 Å². The van der Waals surface area contributed by atoms with Gasteiger partial charge in [-0.25, -0.2) is 24.3 Å². The maximum atomic E-state index is 3.30. The van der Waals surface area contributed by atoms with Gasteiger partial charge in [-0.15, -0.1) is 24.0 Å². The zero-order chi connectivity index (χ0) is 44.0. The van der Waals surface area contributed by atoms with Gasteiger partial charge in [-0.1, -0.05) is 70.8 Å². The van der Waals surface area contributed by atoms with Crippen molar-refractivity contribution in [3.63, 3.8) is 0 Å². The monoisotopic (exact) mass is 990 g/mol.